The maximum Gasteiger partial charge on any atom is 0.227 e. The van der Waals surface area contributed by atoms with Crippen LogP contribution in [0.3, 0.4) is 0 Å². The van der Waals surface area contributed by atoms with Gasteiger partial charge in [0.25, 0.3) is 0 Å². The van der Waals surface area contributed by atoms with Crippen molar-refractivity contribution in [3.63, 3.8) is 0 Å². The number of aromatic nitrogens is 1. The summed E-state index contributed by atoms with van der Waals surface area (Å²) in [6, 6.07) is 5.97. The van der Waals surface area contributed by atoms with Crippen molar-refractivity contribution in [2.75, 3.05) is 20.2 Å². The number of likely N-dealkylation sites (N-methyl/N-ethyl adjacent to an activating group) is 1. The molecule has 4 heteroatoms. The molecule has 0 radical (unpaired) electrons. The molecule has 2 rings (SSSR count). The Morgan fingerprint density at radius 2 is 2.00 bits per heavy atom. The third kappa shape index (κ3) is 2.64. The maximum atomic E-state index is 12.3. The van der Waals surface area contributed by atoms with E-state index < -0.39 is 0 Å². The molecule has 108 valence electrons. The molecule has 20 heavy (non-hydrogen) atoms. The largest absolute Gasteiger partial charge is 0.497 e. The van der Waals surface area contributed by atoms with Crippen molar-refractivity contribution in [1.29, 1.82) is 0 Å². The topological polar surface area (TPSA) is 34.5 Å². The second kappa shape index (κ2) is 5.99. The second-order valence-electron chi connectivity index (χ2n) is 4.89. The zero-order chi connectivity index (χ0) is 14.7. The van der Waals surface area contributed by atoms with Gasteiger partial charge in [-0.2, -0.15) is 0 Å². The molecule has 0 spiro atoms. The first-order valence-electron chi connectivity index (χ1n) is 7.00. The number of fused-ring (bicyclic) bond motifs is 1. The number of ether oxygens (including phenoxy) is 1. The van der Waals surface area contributed by atoms with E-state index in [1.807, 2.05) is 50.2 Å². The van der Waals surface area contributed by atoms with Crippen LogP contribution < -0.4 is 4.74 Å². The number of aryl methyl sites for hydroxylation is 1. The molecule has 0 fully saturated rings. The predicted molar refractivity (Wildman–Crippen MR) is 81.1 cm³/mol. The van der Waals surface area contributed by atoms with E-state index in [9.17, 15) is 4.79 Å². The Morgan fingerprint density at radius 3 is 2.60 bits per heavy atom. The molecule has 1 amide bonds. The van der Waals surface area contributed by atoms with Crippen LogP contribution in [0.4, 0.5) is 0 Å². The van der Waals surface area contributed by atoms with Crippen molar-refractivity contribution in [1.82, 2.24) is 9.47 Å². The number of hydrogen-bond acceptors (Lipinski definition) is 2. The molecule has 1 aromatic heterocycles. The number of carbonyl (C=O) groups is 1. The van der Waals surface area contributed by atoms with Gasteiger partial charge >= 0.3 is 0 Å². The SMILES string of the molecule is CCN(CC)C(=O)Cc1cn(C)c2ccc(OC)cc12. The van der Waals surface area contributed by atoms with Crippen LogP contribution >= 0.6 is 0 Å². The minimum Gasteiger partial charge on any atom is -0.497 e. The van der Waals surface area contributed by atoms with Crippen LogP contribution in [0.1, 0.15) is 19.4 Å². The van der Waals surface area contributed by atoms with Crippen molar-refractivity contribution < 1.29 is 9.53 Å². The predicted octanol–water partition coefficient (Wildman–Crippen LogP) is 2.60. The summed E-state index contributed by atoms with van der Waals surface area (Å²) in [4.78, 5) is 14.1. The van der Waals surface area contributed by atoms with Gasteiger partial charge in [-0.05, 0) is 37.6 Å². The highest BCUT2D eigenvalue weighted by atomic mass is 16.5. The van der Waals surface area contributed by atoms with E-state index in [1.165, 1.54) is 0 Å². The van der Waals surface area contributed by atoms with Crippen molar-refractivity contribution in [2.45, 2.75) is 20.3 Å². The molecule has 0 saturated heterocycles. The van der Waals surface area contributed by atoms with E-state index in [-0.39, 0.29) is 5.91 Å². The van der Waals surface area contributed by atoms with E-state index in [4.69, 9.17) is 4.74 Å². The van der Waals surface area contributed by atoms with Crippen molar-refractivity contribution in [3.8, 4) is 5.75 Å². The number of amides is 1. The van der Waals surface area contributed by atoms with Crippen molar-refractivity contribution in [2.24, 2.45) is 7.05 Å². The fourth-order valence-corrected chi connectivity index (χ4v) is 2.57. The molecule has 0 bridgehead atoms. The van der Waals surface area contributed by atoms with Gasteiger partial charge in [0.1, 0.15) is 5.75 Å². The number of carbonyl (C=O) groups excluding carboxylic acids is 1. The first-order chi connectivity index (χ1) is 9.60. The lowest BCUT2D eigenvalue weighted by atomic mass is 10.1. The summed E-state index contributed by atoms with van der Waals surface area (Å²) in [5.74, 6) is 0.991. The van der Waals surface area contributed by atoms with Crippen LogP contribution in [0, 0.1) is 0 Å². The van der Waals surface area contributed by atoms with Crippen LogP contribution in [0.15, 0.2) is 24.4 Å². The number of hydrogen-bond donors (Lipinski definition) is 0. The van der Waals surface area contributed by atoms with Crippen molar-refractivity contribution >= 4 is 16.8 Å². The van der Waals surface area contributed by atoms with E-state index >= 15 is 0 Å². The minimum absolute atomic E-state index is 0.172. The van der Waals surface area contributed by atoms with Crippen LogP contribution in [0.5, 0.6) is 5.75 Å². The zero-order valence-corrected chi connectivity index (χ0v) is 12.6. The Bertz CT molecular complexity index is 612. The lowest BCUT2D eigenvalue weighted by Crippen LogP contribution is -2.31. The van der Waals surface area contributed by atoms with Gasteiger partial charge in [-0.3, -0.25) is 4.79 Å². The average molecular weight is 274 g/mol. The molecule has 4 nitrogen and oxygen atoms in total. The fraction of sp³-hybridized carbons (Fsp3) is 0.438. The van der Waals surface area contributed by atoms with Crippen molar-refractivity contribution in [3.05, 3.63) is 30.0 Å². The highest BCUT2D eigenvalue weighted by molar-refractivity contribution is 5.90. The second-order valence-corrected chi connectivity index (χ2v) is 4.89. The quantitative estimate of drug-likeness (QED) is 0.840. The Morgan fingerprint density at radius 1 is 1.30 bits per heavy atom. The number of nitrogens with zero attached hydrogens (tertiary/aromatic N) is 2. The smallest absolute Gasteiger partial charge is 0.227 e. The Kier molecular flexibility index (Phi) is 4.32. The number of methoxy groups -OCH3 is 1. The van der Waals surface area contributed by atoms with Crippen LogP contribution in [0.25, 0.3) is 10.9 Å². The molecule has 0 N–H and O–H groups in total. The molecule has 0 aliphatic rings. The van der Waals surface area contributed by atoms with Crippen LogP contribution in [-0.2, 0) is 18.3 Å². The normalized spacial score (nSPS) is 10.8. The van der Waals surface area contributed by atoms with E-state index in [2.05, 4.69) is 4.57 Å². The third-order valence-electron chi connectivity index (χ3n) is 3.74. The Hall–Kier alpha value is -1.97. The summed E-state index contributed by atoms with van der Waals surface area (Å²) < 4.78 is 7.33. The molecule has 1 heterocycles. The molecule has 0 saturated carbocycles. The highest BCUT2D eigenvalue weighted by Gasteiger charge is 2.15. The van der Waals surface area contributed by atoms with Gasteiger partial charge in [-0.1, -0.05) is 0 Å². The highest BCUT2D eigenvalue weighted by Crippen LogP contribution is 2.26. The van der Waals surface area contributed by atoms with E-state index in [0.717, 1.165) is 35.3 Å². The first kappa shape index (κ1) is 14.4. The lowest BCUT2D eigenvalue weighted by Gasteiger charge is -2.18. The van der Waals surface area contributed by atoms with Gasteiger partial charge in [-0.15, -0.1) is 0 Å². The summed E-state index contributed by atoms with van der Waals surface area (Å²) in [7, 11) is 3.66. The summed E-state index contributed by atoms with van der Waals surface area (Å²) in [6.45, 7) is 5.52. The summed E-state index contributed by atoms with van der Waals surface area (Å²) >= 11 is 0. The fourth-order valence-electron chi connectivity index (χ4n) is 2.57. The molecule has 0 aliphatic heterocycles. The molecule has 0 aliphatic carbocycles. The zero-order valence-electron chi connectivity index (χ0n) is 12.6. The van der Waals surface area contributed by atoms with Gasteiger partial charge in [0, 0.05) is 37.2 Å². The Labute approximate surface area is 119 Å². The maximum absolute atomic E-state index is 12.3. The molecule has 1 aromatic carbocycles. The van der Waals surface area contributed by atoms with Crippen LogP contribution in [-0.4, -0.2) is 35.6 Å². The summed E-state index contributed by atoms with van der Waals surface area (Å²) in [5, 5.41) is 1.09. The molecule has 2 aromatic rings. The van der Waals surface area contributed by atoms with Crippen LogP contribution in [0.2, 0.25) is 0 Å². The van der Waals surface area contributed by atoms with E-state index in [1.54, 1.807) is 7.11 Å². The first-order valence-corrected chi connectivity index (χ1v) is 7.00. The monoisotopic (exact) mass is 274 g/mol. The Balaban J connectivity index is 2.36. The molecule has 0 atom stereocenters. The van der Waals surface area contributed by atoms with Gasteiger partial charge in [0.2, 0.25) is 5.91 Å². The standard InChI is InChI=1S/C16H22N2O2/c1-5-18(6-2)16(19)9-12-11-17(3)15-8-7-13(20-4)10-14(12)15/h7-8,10-11H,5-6,9H2,1-4H3. The number of benzene rings is 1. The van der Waals surface area contributed by atoms with Gasteiger partial charge in [0.15, 0.2) is 0 Å². The molecular weight excluding hydrogens is 252 g/mol. The number of rotatable bonds is 5. The van der Waals surface area contributed by atoms with Gasteiger partial charge in [-0.25, -0.2) is 0 Å². The van der Waals surface area contributed by atoms with Gasteiger partial charge < -0.3 is 14.2 Å². The molecular formula is C16H22N2O2. The summed E-state index contributed by atoms with van der Waals surface area (Å²) in [5.41, 5.74) is 2.17. The summed E-state index contributed by atoms with van der Waals surface area (Å²) in [6.07, 6.45) is 2.47. The molecule has 0 unspecified atom stereocenters. The minimum atomic E-state index is 0.172. The lowest BCUT2D eigenvalue weighted by molar-refractivity contribution is -0.130. The average Bonchev–Trinajstić information content (AvgIpc) is 2.76. The van der Waals surface area contributed by atoms with E-state index in [0.29, 0.717) is 6.42 Å². The third-order valence-corrected chi connectivity index (χ3v) is 3.74. The van der Waals surface area contributed by atoms with Gasteiger partial charge in [0.05, 0.1) is 13.5 Å².